The first-order valence-electron chi connectivity index (χ1n) is 7.98. The number of alkyl halides is 3. The van der Waals surface area contributed by atoms with E-state index in [-0.39, 0.29) is 18.6 Å². The highest BCUT2D eigenvalue weighted by atomic mass is 19.4. The van der Waals surface area contributed by atoms with Crippen molar-refractivity contribution in [2.75, 3.05) is 0 Å². The Morgan fingerprint density at radius 2 is 2.13 bits per heavy atom. The molecule has 0 spiro atoms. The van der Waals surface area contributed by atoms with Gasteiger partial charge in [-0.1, -0.05) is 12.8 Å². The number of pyridine rings is 1. The third-order valence-corrected chi connectivity index (χ3v) is 4.86. The summed E-state index contributed by atoms with van der Waals surface area (Å²) in [6.45, 7) is 0.0538. The maximum atomic E-state index is 12.6. The van der Waals surface area contributed by atoms with Crippen LogP contribution in [0.5, 0.6) is 0 Å². The van der Waals surface area contributed by atoms with Gasteiger partial charge in [-0.25, -0.2) is 4.79 Å². The van der Waals surface area contributed by atoms with Gasteiger partial charge in [-0.2, -0.15) is 13.2 Å². The Morgan fingerprint density at radius 3 is 2.87 bits per heavy atom. The highest BCUT2D eigenvalue weighted by Gasteiger charge is 2.37. The number of hydrogen-bond acceptors (Lipinski definition) is 2. The Bertz CT molecular complexity index is 576. The number of nitrogens with zero attached hydrogens (tertiary/aromatic N) is 1. The molecule has 7 heteroatoms. The number of amides is 2. The molecule has 0 aromatic carbocycles. The van der Waals surface area contributed by atoms with Crippen LogP contribution >= 0.6 is 0 Å². The smallest absolute Gasteiger partial charge is 0.335 e. The highest BCUT2D eigenvalue weighted by Crippen LogP contribution is 2.41. The summed E-state index contributed by atoms with van der Waals surface area (Å²) in [5.41, 5.74) is -0.561. The molecule has 126 valence electrons. The average Bonchev–Trinajstić information content (AvgIpc) is 2.78. The van der Waals surface area contributed by atoms with Gasteiger partial charge in [-0.3, -0.25) is 4.98 Å². The fourth-order valence-corrected chi connectivity index (χ4v) is 3.78. The molecule has 3 rings (SSSR count). The number of hydrogen-bond donors (Lipinski definition) is 2. The first-order chi connectivity index (χ1) is 10.9. The number of fused-ring (bicyclic) bond motifs is 2. The van der Waals surface area contributed by atoms with Gasteiger partial charge in [0.1, 0.15) is 5.69 Å². The van der Waals surface area contributed by atoms with Gasteiger partial charge in [0, 0.05) is 18.8 Å². The van der Waals surface area contributed by atoms with Crippen molar-refractivity contribution in [2.24, 2.45) is 11.8 Å². The number of carbonyl (C=O) groups excluding carboxylic acids is 1. The second kappa shape index (κ2) is 6.37. The summed E-state index contributed by atoms with van der Waals surface area (Å²) in [4.78, 5) is 15.3. The molecule has 0 unspecified atom stereocenters. The normalized spacial score (nSPS) is 26.8. The number of aromatic nitrogens is 1. The summed E-state index contributed by atoms with van der Waals surface area (Å²) in [5, 5.41) is 5.62. The Labute approximate surface area is 132 Å². The molecule has 2 fully saturated rings. The van der Waals surface area contributed by atoms with Crippen molar-refractivity contribution in [3.63, 3.8) is 0 Å². The summed E-state index contributed by atoms with van der Waals surface area (Å²) in [6.07, 6.45) is 2.47. The van der Waals surface area contributed by atoms with E-state index in [0.29, 0.717) is 17.4 Å². The predicted octanol–water partition coefficient (Wildman–Crippen LogP) is 3.48. The number of halogens is 3. The zero-order valence-corrected chi connectivity index (χ0v) is 12.7. The number of rotatable bonds is 3. The first-order valence-corrected chi connectivity index (χ1v) is 7.98. The van der Waals surface area contributed by atoms with Crippen molar-refractivity contribution in [3.8, 4) is 0 Å². The molecule has 0 aliphatic heterocycles. The lowest BCUT2D eigenvalue weighted by molar-refractivity contribution is -0.141. The molecule has 23 heavy (non-hydrogen) atoms. The topological polar surface area (TPSA) is 54.0 Å². The van der Waals surface area contributed by atoms with Crippen molar-refractivity contribution in [2.45, 2.75) is 50.9 Å². The summed E-state index contributed by atoms with van der Waals surface area (Å²) in [5.74, 6) is 1.27. The Balaban J connectivity index is 1.51. The Morgan fingerprint density at radius 1 is 1.30 bits per heavy atom. The van der Waals surface area contributed by atoms with Crippen LogP contribution in [-0.4, -0.2) is 17.1 Å². The molecule has 2 amide bonds. The molecule has 1 heterocycles. The molecule has 0 saturated heterocycles. The number of carbonyl (C=O) groups is 1. The maximum Gasteiger partial charge on any atom is 0.433 e. The van der Waals surface area contributed by atoms with Crippen molar-refractivity contribution in [1.82, 2.24) is 15.6 Å². The van der Waals surface area contributed by atoms with Crippen LogP contribution in [0.25, 0.3) is 0 Å². The zero-order valence-electron chi connectivity index (χ0n) is 12.7. The van der Waals surface area contributed by atoms with Crippen molar-refractivity contribution < 1.29 is 18.0 Å². The third-order valence-electron chi connectivity index (χ3n) is 4.86. The van der Waals surface area contributed by atoms with E-state index in [2.05, 4.69) is 15.6 Å². The summed E-state index contributed by atoms with van der Waals surface area (Å²) in [6, 6.07) is 2.32. The quantitative estimate of drug-likeness (QED) is 0.893. The van der Waals surface area contributed by atoms with Gasteiger partial charge in [0.2, 0.25) is 0 Å². The van der Waals surface area contributed by atoms with E-state index >= 15 is 0 Å². The van der Waals surface area contributed by atoms with Gasteiger partial charge >= 0.3 is 12.2 Å². The minimum Gasteiger partial charge on any atom is -0.335 e. The zero-order chi connectivity index (χ0) is 16.4. The standard InChI is InChI=1S/C16H20F3N3O/c17-16(18,19)14-8-11(4-5-20-14)9-21-15(23)22-13-7-10-2-1-3-12(13)6-10/h4-5,8,10,12-13H,1-3,6-7,9H2,(H2,21,22,23)/t10-,12+,13+/m1/s1. The van der Waals surface area contributed by atoms with Crippen LogP contribution in [0.1, 0.15) is 43.4 Å². The average molecular weight is 327 g/mol. The van der Waals surface area contributed by atoms with Crippen LogP contribution in [0.2, 0.25) is 0 Å². The van der Waals surface area contributed by atoms with Gasteiger partial charge in [0.15, 0.2) is 0 Å². The Kier molecular flexibility index (Phi) is 4.46. The van der Waals surface area contributed by atoms with Gasteiger partial charge in [0.05, 0.1) is 0 Å². The largest absolute Gasteiger partial charge is 0.433 e. The summed E-state index contributed by atoms with van der Waals surface area (Å²) < 4.78 is 37.8. The van der Waals surface area contributed by atoms with Gasteiger partial charge in [-0.15, -0.1) is 0 Å². The summed E-state index contributed by atoms with van der Waals surface area (Å²) in [7, 11) is 0. The lowest BCUT2D eigenvalue weighted by Crippen LogP contribution is -2.43. The molecule has 1 aromatic heterocycles. The third kappa shape index (κ3) is 3.95. The number of urea groups is 1. The van der Waals surface area contributed by atoms with E-state index in [1.807, 2.05) is 0 Å². The fraction of sp³-hybridized carbons (Fsp3) is 0.625. The van der Waals surface area contributed by atoms with Crippen LogP contribution in [-0.2, 0) is 12.7 Å². The van der Waals surface area contributed by atoms with Crippen molar-refractivity contribution in [3.05, 3.63) is 29.6 Å². The van der Waals surface area contributed by atoms with E-state index in [1.54, 1.807) is 0 Å². The predicted molar refractivity (Wildman–Crippen MR) is 78.5 cm³/mol. The van der Waals surface area contributed by atoms with E-state index in [0.717, 1.165) is 25.1 Å². The lowest BCUT2D eigenvalue weighted by Gasteiger charge is -2.22. The Hall–Kier alpha value is -1.79. The van der Waals surface area contributed by atoms with Crippen LogP contribution in [0.15, 0.2) is 18.3 Å². The molecule has 2 saturated carbocycles. The lowest BCUT2D eigenvalue weighted by atomic mass is 9.89. The molecule has 2 aliphatic rings. The van der Waals surface area contributed by atoms with Crippen molar-refractivity contribution in [1.29, 1.82) is 0 Å². The molecule has 4 nitrogen and oxygen atoms in total. The van der Waals surface area contributed by atoms with E-state index < -0.39 is 11.9 Å². The van der Waals surface area contributed by atoms with Crippen LogP contribution < -0.4 is 10.6 Å². The second-order valence-electron chi connectivity index (χ2n) is 6.51. The molecular weight excluding hydrogens is 307 g/mol. The van der Waals surface area contributed by atoms with Crippen molar-refractivity contribution >= 4 is 6.03 Å². The minimum atomic E-state index is -4.47. The monoisotopic (exact) mass is 327 g/mol. The van der Waals surface area contributed by atoms with Crippen LogP contribution in [0.3, 0.4) is 0 Å². The van der Waals surface area contributed by atoms with Gasteiger partial charge in [-0.05, 0) is 48.8 Å². The van der Waals surface area contributed by atoms with Crippen LogP contribution in [0.4, 0.5) is 18.0 Å². The molecule has 2 N–H and O–H groups in total. The van der Waals surface area contributed by atoms with E-state index in [1.165, 1.54) is 25.3 Å². The molecular formula is C16H20F3N3O. The van der Waals surface area contributed by atoms with Gasteiger partial charge < -0.3 is 10.6 Å². The molecule has 2 bridgehead atoms. The fourth-order valence-electron chi connectivity index (χ4n) is 3.78. The molecule has 1 aromatic rings. The van der Waals surface area contributed by atoms with Gasteiger partial charge in [0.25, 0.3) is 0 Å². The molecule has 2 aliphatic carbocycles. The van der Waals surface area contributed by atoms with E-state index in [4.69, 9.17) is 0 Å². The maximum absolute atomic E-state index is 12.6. The second-order valence-corrected chi connectivity index (χ2v) is 6.51. The number of nitrogens with one attached hydrogen (secondary N) is 2. The van der Waals surface area contributed by atoms with Crippen LogP contribution in [0, 0.1) is 11.8 Å². The van der Waals surface area contributed by atoms with E-state index in [9.17, 15) is 18.0 Å². The minimum absolute atomic E-state index is 0.0538. The SMILES string of the molecule is O=C(NCc1ccnc(C(F)(F)F)c1)N[C@H]1C[C@@H]2CCC[C@H]1C2. The molecule has 3 atom stereocenters. The highest BCUT2D eigenvalue weighted by molar-refractivity contribution is 5.74. The first kappa shape index (κ1) is 16.1. The molecule has 0 radical (unpaired) electrons. The summed E-state index contributed by atoms with van der Waals surface area (Å²) >= 11 is 0.